The standard InChI is InChI=1S/C7H3FI2O2.Li/c8-6-4(9)1-3(7(11)12)2-5(6)10;/h1-2H,(H,11,12);/q;+1/p-1. The van der Waals surface area contributed by atoms with E-state index in [4.69, 9.17) is 0 Å². The molecule has 0 atom stereocenters. The average Bonchev–Trinajstić information content (AvgIpc) is 1.99. The molecule has 0 aromatic heterocycles. The molecule has 0 spiro atoms. The van der Waals surface area contributed by atoms with Crippen molar-refractivity contribution < 1.29 is 33.2 Å². The molecule has 13 heavy (non-hydrogen) atoms. The van der Waals surface area contributed by atoms with Gasteiger partial charge in [-0.25, -0.2) is 4.39 Å². The molecule has 0 saturated heterocycles. The van der Waals surface area contributed by atoms with E-state index in [1.807, 2.05) is 0 Å². The number of rotatable bonds is 1. The normalized spacial score (nSPS) is 9.15. The van der Waals surface area contributed by atoms with Crippen LogP contribution in [0, 0.1) is 13.0 Å². The third kappa shape index (κ3) is 3.38. The van der Waals surface area contributed by atoms with E-state index >= 15 is 0 Å². The zero-order chi connectivity index (χ0) is 9.30. The van der Waals surface area contributed by atoms with Crippen molar-refractivity contribution in [2.75, 3.05) is 0 Å². The molecule has 0 bridgehead atoms. The minimum Gasteiger partial charge on any atom is -0.545 e. The molecule has 0 amide bonds. The number of hydrogen-bond acceptors (Lipinski definition) is 2. The van der Waals surface area contributed by atoms with Gasteiger partial charge < -0.3 is 9.90 Å². The Balaban J connectivity index is 0.00000144. The number of aromatic carboxylic acids is 1. The second kappa shape index (κ2) is 5.53. The molecular formula is C7H2FI2LiO2. The third-order valence-electron chi connectivity index (χ3n) is 1.22. The van der Waals surface area contributed by atoms with Crippen LogP contribution in [0.25, 0.3) is 0 Å². The van der Waals surface area contributed by atoms with E-state index in [0.29, 0.717) is 7.14 Å². The second-order valence-corrected chi connectivity index (χ2v) is 4.37. The van der Waals surface area contributed by atoms with Crippen LogP contribution in [-0.2, 0) is 0 Å². The molecule has 6 heteroatoms. The van der Waals surface area contributed by atoms with Gasteiger partial charge in [-0.2, -0.15) is 0 Å². The van der Waals surface area contributed by atoms with Crippen LogP contribution < -0.4 is 24.0 Å². The Labute approximate surface area is 114 Å². The molecule has 0 aliphatic heterocycles. The summed E-state index contributed by atoms with van der Waals surface area (Å²) in [6, 6.07) is 2.49. The first-order chi connectivity index (χ1) is 5.52. The molecule has 64 valence electrons. The number of carboxylic acids is 1. The zero-order valence-corrected chi connectivity index (χ0v) is 10.9. The number of carboxylic acid groups (broad SMARTS) is 1. The molecule has 0 fully saturated rings. The smallest absolute Gasteiger partial charge is 0.545 e. The number of benzene rings is 1. The van der Waals surface area contributed by atoms with Gasteiger partial charge in [-0.05, 0) is 62.9 Å². The predicted octanol–water partition coefficient (Wildman–Crippen LogP) is -1.60. The molecule has 1 aromatic rings. The molecule has 0 unspecified atom stereocenters. The fraction of sp³-hybridized carbons (Fsp3) is 0. The second-order valence-electron chi connectivity index (χ2n) is 2.04. The van der Waals surface area contributed by atoms with E-state index in [2.05, 4.69) is 0 Å². The molecule has 0 aliphatic rings. The van der Waals surface area contributed by atoms with Crippen molar-refractivity contribution in [3.63, 3.8) is 0 Å². The first-order valence-corrected chi connectivity index (χ1v) is 5.04. The summed E-state index contributed by atoms with van der Waals surface area (Å²) in [5, 5.41) is 10.4. The Kier molecular flexibility index (Phi) is 5.82. The first-order valence-electron chi connectivity index (χ1n) is 2.88. The molecule has 1 aromatic carbocycles. The zero-order valence-electron chi connectivity index (χ0n) is 6.61. The van der Waals surface area contributed by atoms with Gasteiger partial charge in [-0.1, -0.05) is 0 Å². The van der Waals surface area contributed by atoms with Crippen LogP contribution in [0.3, 0.4) is 0 Å². The summed E-state index contributed by atoms with van der Waals surface area (Å²) in [6.07, 6.45) is 0. The number of hydrogen-bond donors (Lipinski definition) is 0. The van der Waals surface area contributed by atoms with E-state index in [1.165, 1.54) is 12.1 Å². The Morgan fingerprint density at radius 1 is 1.31 bits per heavy atom. The van der Waals surface area contributed by atoms with Crippen LogP contribution in [0.15, 0.2) is 12.1 Å². The maximum absolute atomic E-state index is 12.9. The molecule has 0 radical (unpaired) electrons. The van der Waals surface area contributed by atoms with Crippen LogP contribution >= 0.6 is 45.2 Å². The van der Waals surface area contributed by atoms with Crippen molar-refractivity contribution in [1.82, 2.24) is 0 Å². The van der Waals surface area contributed by atoms with Gasteiger partial charge in [0.05, 0.1) is 13.1 Å². The van der Waals surface area contributed by atoms with Crippen molar-refractivity contribution in [3.05, 3.63) is 30.7 Å². The maximum Gasteiger partial charge on any atom is 1.00 e. The van der Waals surface area contributed by atoms with Crippen LogP contribution in [0.1, 0.15) is 10.4 Å². The fourth-order valence-electron chi connectivity index (χ4n) is 0.673. The van der Waals surface area contributed by atoms with Crippen LogP contribution in [0.4, 0.5) is 4.39 Å². The van der Waals surface area contributed by atoms with Gasteiger partial charge in [0.25, 0.3) is 0 Å². The SMILES string of the molecule is O=C([O-])c1cc(I)c(F)c(I)c1.[Li+]. The summed E-state index contributed by atoms with van der Waals surface area (Å²) in [4.78, 5) is 10.4. The van der Waals surface area contributed by atoms with Crippen molar-refractivity contribution >= 4 is 51.2 Å². The van der Waals surface area contributed by atoms with E-state index in [1.54, 1.807) is 45.2 Å². The Hall–Kier alpha value is 0.677. The average molecular weight is 398 g/mol. The van der Waals surface area contributed by atoms with Crippen molar-refractivity contribution in [2.45, 2.75) is 0 Å². The largest absolute Gasteiger partial charge is 1.00 e. The van der Waals surface area contributed by atoms with Gasteiger partial charge >= 0.3 is 18.9 Å². The predicted molar refractivity (Wildman–Crippen MR) is 56.2 cm³/mol. The van der Waals surface area contributed by atoms with E-state index in [0.717, 1.165) is 0 Å². The van der Waals surface area contributed by atoms with E-state index in [-0.39, 0.29) is 30.2 Å². The molecule has 0 N–H and O–H groups in total. The Morgan fingerprint density at radius 2 is 1.69 bits per heavy atom. The number of carbonyl (C=O) groups excluding carboxylic acids is 1. The van der Waals surface area contributed by atoms with E-state index < -0.39 is 5.97 Å². The molecule has 0 aliphatic carbocycles. The fourth-order valence-corrected chi connectivity index (χ4v) is 2.44. The molecule has 0 saturated carbocycles. The number of carbonyl (C=O) groups is 1. The van der Waals surface area contributed by atoms with Gasteiger partial charge in [0.1, 0.15) is 5.82 Å². The molecule has 2 nitrogen and oxygen atoms in total. The van der Waals surface area contributed by atoms with Gasteiger partial charge in [0.2, 0.25) is 0 Å². The minimum atomic E-state index is -1.29. The van der Waals surface area contributed by atoms with Gasteiger partial charge in [0.15, 0.2) is 0 Å². The van der Waals surface area contributed by atoms with Crippen LogP contribution in [0.2, 0.25) is 0 Å². The molecule has 0 heterocycles. The van der Waals surface area contributed by atoms with Crippen LogP contribution in [0.5, 0.6) is 0 Å². The maximum atomic E-state index is 12.9. The van der Waals surface area contributed by atoms with Crippen molar-refractivity contribution in [1.29, 1.82) is 0 Å². The third-order valence-corrected chi connectivity index (χ3v) is 2.79. The Morgan fingerprint density at radius 3 is 2.00 bits per heavy atom. The summed E-state index contributed by atoms with van der Waals surface area (Å²) >= 11 is 3.48. The quantitative estimate of drug-likeness (QED) is 0.325. The monoisotopic (exact) mass is 398 g/mol. The minimum absolute atomic E-state index is 0. The van der Waals surface area contributed by atoms with Gasteiger partial charge in [-0.3, -0.25) is 0 Å². The summed E-state index contributed by atoms with van der Waals surface area (Å²) in [5.41, 5.74) is 0.00481. The molecule has 1 rings (SSSR count). The topological polar surface area (TPSA) is 40.1 Å². The van der Waals surface area contributed by atoms with Gasteiger partial charge in [0, 0.05) is 0 Å². The molecular weight excluding hydrogens is 396 g/mol. The summed E-state index contributed by atoms with van der Waals surface area (Å²) in [5.74, 6) is -1.67. The van der Waals surface area contributed by atoms with Crippen molar-refractivity contribution in [3.8, 4) is 0 Å². The summed E-state index contributed by atoms with van der Waals surface area (Å²) in [7, 11) is 0. The van der Waals surface area contributed by atoms with Crippen molar-refractivity contribution in [2.24, 2.45) is 0 Å². The van der Waals surface area contributed by atoms with Gasteiger partial charge in [-0.15, -0.1) is 0 Å². The van der Waals surface area contributed by atoms with Crippen LogP contribution in [-0.4, -0.2) is 5.97 Å². The summed E-state index contributed by atoms with van der Waals surface area (Å²) < 4.78 is 13.5. The summed E-state index contributed by atoms with van der Waals surface area (Å²) in [6.45, 7) is 0. The Bertz CT molecular complexity index is 320. The van der Waals surface area contributed by atoms with E-state index in [9.17, 15) is 14.3 Å². The number of halogens is 3. The first kappa shape index (κ1) is 13.7.